The zero-order chi connectivity index (χ0) is 25.0. The third-order valence-corrected chi connectivity index (χ3v) is 9.42. The van der Waals surface area contributed by atoms with Gasteiger partial charge in [0.2, 0.25) is 0 Å². The first-order valence-electron chi connectivity index (χ1n) is 11.9. The molecule has 33 heavy (non-hydrogen) atoms. The molecule has 0 saturated heterocycles. The largest absolute Gasteiger partial charge is 0.385 e. The van der Waals surface area contributed by atoms with E-state index in [0.717, 1.165) is 68.1 Å². The summed E-state index contributed by atoms with van der Waals surface area (Å²) in [5, 5.41) is 10.7. The van der Waals surface area contributed by atoms with E-state index in [2.05, 4.69) is 54.6 Å². The van der Waals surface area contributed by atoms with Crippen LogP contribution in [0.1, 0.15) is 72.1 Å². The lowest BCUT2D eigenvalue weighted by molar-refractivity contribution is -0.121. The topological polar surface area (TPSA) is 37.3 Å². The third-order valence-electron chi connectivity index (χ3n) is 8.77. The molecule has 4 aliphatic rings. The van der Waals surface area contributed by atoms with E-state index in [1.165, 1.54) is 5.57 Å². The van der Waals surface area contributed by atoms with Crippen molar-refractivity contribution in [1.29, 1.82) is 0 Å². The number of alkyl halides is 2. The van der Waals surface area contributed by atoms with E-state index in [1.54, 1.807) is 0 Å². The van der Waals surface area contributed by atoms with Gasteiger partial charge in [0.15, 0.2) is 5.78 Å². The van der Waals surface area contributed by atoms with E-state index < -0.39 is 5.60 Å². The molecule has 184 valence electrons. The van der Waals surface area contributed by atoms with Crippen LogP contribution in [0, 0.1) is 22.7 Å². The van der Waals surface area contributed by atoms with Crippen molar-refractivity contribution in [2.75, 3.05) is 11.8 Å². The van der Waals surface area contributed by atoms with Crippen molar-refractivity contribution in [3.63, 3.8) is 0 Å². The Hall–Kier alpha value is -0.390. The lowest BCUT2D eigenvalue weighted by atomic mass is 9.59. The number of Topliss-reactive ketones (excluding diaryl/α,β-unsaturated/α-hetero) is 1. The molecule has 0 aliphatic heterocycles. The van der Waals surface area contributed by atoms with Crippen LogP contribution in [0.15, 0.2) is 47.6 Å². The Kier molecular flexibility index (Phi) is 10.1. The highest BCUT2D eigenvalue weighted by Gasteiger charge is 2.52. The molecule has 1 N–H and O–H groups in total. The third kappa shape index (κ3) is 5.11. The summed E-state index contributed by atoms with van der Waals surface area (Å²) >= 11 is 19.2. The number of carbonyl (C=O) groups is 1. The minimum Gasteiger partial charge on any atom is -0.385 e. The highest BCUT2D eigenvalue weighted by molar-refractivity contribution is 8.07. The number of allylic oxidation sites excluding steroid dienone is 5. The van der Waals surface area contributed by atoms with Gasteiger partial charge < -0.3 is 5.11 Å². The summed E-state index contributed by atoms with van der Waals surface area (Å²) in [5.41, 5.74) is 3.57. The smallest absolute Gasteiger partial charge is 0.162 e. The molecular weight excluding hydrogens is 491 g/mol. The van der Waals surface area contributed by atoms with E-state index in [9.17, 15) is 9.90 Å². The molecule has 0 radical (unpaired) electrons. The number of hydrogen-bond donors (Lipinski definition) is 1. The van der Waals surface area contributed by atoms with Crippen molar-refractivity contribution < 1.29 is 9.90 Å². The minimum absolute atomic E-state index is 0.00222. The highest BCUT2D eigenvalue weighted by Crippen LogP contribution is 2.58. The SMILES string of the molecule is C=C(CCl)[C@]12CCC=C1C(=O)[C@H](C)CC2.C=C(CCl)[C@]12CCC=C1C(C)(O)[C@H](C)CC2.S=S. The van der Waals surface area contributed by atoms with Gasteiger partial charge in [-0.15, -0.1) is 23.2 Å². The van der Waals surface area contributed by atoms with E-state index in [4.69, 9.17) is 23.2 Å². The molecule has 0 heterocycles. The Labute approximate surface area is 220 Å². The Bertz CT molecular complexity index is 847. The molecule has 6 heteroatoms. The first kappa shape index (κ1) is 28.8. The zero-order valence-corrected chi connectivity index (χ0v) is 23.4. The number of fused-ring (bicyclic) bond motifs is 2. The molecule has 2 saturated carbocycles. The predicted octanol–water partition coefficient (Wildman–Crippen LogP) is 7.15. The monoisotopic (exact) mass is 528 g/mol. The average Bonchev–Trinajstić information content (AvgIpc) is 3.47. The van der Waals surface area contributed by atoms with Crippen molar-refractivity contribution in [3.05, 3.63) is 47.6 Å². The summed E-state index contributed by atoms with van der Waals surface area (Å²) in [4.78, 5) is 12.1. The van der Waals surface area contributed by atoms with E-state index >= 15 is 0 Å². The summed E-state index contributed by atoms with van der Waals surface area (Å²) < 4.78 is 0. The average molecular weight is 530 g/mol. The summed E-state index contributed by atoms with van der Waals surface area (Å²) in [7, 11) is 0. The van der Waals surface area contributed by atoms with Crippen LogP contribution < -0.4 is 0 Å². The van der Waals surface area contributed by atoms with Crippen LogP contribution in [-0.2, 0) is 27.2 Å². The number of halogens is 2. The Morgan fingerprint density at radius 1 is 1.00 bits per heavy atom. The molecule has 0 spiro atoms. The molecule has 4 rings (SSSR count). The van der Waals surface area contributed by atoms with Crippen LogP contribution in [0.4, 0.5) is 0 Å². The number of aliphatic hydroxyl groups is 1. The Morgan fingerprint density at radius 2 is 1.52 bits per heavy atom. The van der Waals surface area contributed by atoms with Gasteiger partial charge in [-0.2, -0.15) is 0 Å². The number of hydrogen-bond acceptors (Lipinski definition) is 4. The van der Waals surface area contributed by atoms with Crippen LogP contribution in [0.3, 0.4) is 0 Å². The Morgan fingerprint density at radius 3 is 2.12 bits per heavy atom. The molecule has 2 nitrogen and oxygen atoms in total. The molecule has 4 aliphatic carbocycles. The quantitative estimate of drug-likeness (QED) is 0.310. The van der Waals surface area contributed by atoms with Crippen molar-refractivity contribution in [3.8, 4) is 0 Å². The van der Waals surface area contributed by atoms with Crippen LogP contribution in [0.25, 0.3) is 0 Å². The molecule has 0 amide bonds. The van der Waals surface area contributed by atoms with Gasteiger partial charge in [0.05, 0.1) is 5.60 Å². The maximum atomic E-state index is 12.1. The van der Waals surface area contributed by atoms with Gasteiger partial charge >= 0.3 is 0 Å². The van der Waals surface area contributed by atoms with Gasteiger partial charge in [-0.25, -0.2) is 0 Å². The van der Waals surface area contributed by atoms with Crippen molar-refractivity contribution in [2.45, 2.75) is 77.7 Å². The number of ketones is 1. The maximum Gasteiger partial charge on any atom is 0.162 e. The van der Waals surface area contributed by atoms with Gasteiger partial charge in [0.25, 0.3) is 0 Å². The molecule has 0 aromatic carbocycles. The Balaban J connectivity index is 0.000000218. The predicted molar refractivity (Wildman–Crippen MR) is 146 cm³/mol. The zero-order valence-electron chi connectivity index (χ0n) is 20.2. The van der Waals surface area contributed by atoms with Crippen molar-refractivity contribution in [1.82, 2.24) is 0 Å². The first-order valence-corrected chi connectivity index (χ1v) is 14.3. The lowest BCUT2D eigenvalue weighted by Crippen LogP contribution is -2.46. The van der Waals surface area contributed by atoms with Gasteiger partial charge in [-0.3, -0.25) is 4.79 Å². The van der Waals surface area contributed by atoms with Gasteiger partial charge in [0, 0.05) is 56.5 Å². The van der Waals surface area contributed by atoms with E-state index in [0.29, 0.717) is 23.5 Å². The summed E-state index contributed by atoms with van der Waals surface area (Å²) in [6.45, 7) is 14.3. The van der Waals surface area contributed by atoms with Gasteiger partial charge in [0.1, 0.15) is 0 Å². The molecule has 0 aromatic heterocycles. The fourth-order valence-corrected chi connectivity index (χ4v) is 6.86. The van der Waals surface area contributed by atoms with Crippen molar-refractivity contribution in [2.24, 2.45) is 22.7 Å². The van der Waals surface area contributed by atoms with Crippen LogP contribution in [0.2, 0.25) is 0 Å². The number of rotatable bonds is 4. The van der Waals surface area contributed by atoms with Gasteiger partial charge in [-0.1, -0.05) is 50.3 Å². The molecule has 0 bridgehead atoms. The van der Waals surface area contributed by atoms with E-state index in [1.807, 2.05) is 13.8 Å². The fraction of sp³-hybridized carbons (Fsp3) is 0.667. The van der Waals surface area contributed by atoms with E-state index in [-0.39, 0.29) is 16.7 Å². The summed E-state index contributed by atoms with van der Waals surface area (Å²) in [6.07, 6.45) is 12.7. The minimum atomic E-state index is -0.677. The summed E-state index contributed by atoms with van der Waals surface area (Å²) in [6, 6.07) is 0. The lowest BCUT2D eigenvalue weighted by Gasteiger charge is -2.48. The number of carbonyl (C=O) groups excluding carboxylic acids is 1. The molecule has 1 unspecified atom stereocenters. The molecular formula is C27H38Cl2O2S2. The molecule has 5 atom stereocenters. The first-order chi connectivity index (χ1) is 15.6. The highest BCUT2D eigenvalue weighted by atomic mass is 35.5. The van der Waals surface area contributed by atoms with Crippen LogP contribution >= 0.6 is 23.2 Å². The second kappa shape index (κ2) is 11.6. The molecule has 2 fully saturated rings. The molecule has 0 aromatic rings. The fourth-order valence-electron chi connectivity index (χ4n) is 6.35. The van der Waals surface area contributed by atoms with Crippen LogP contribution in [0.5, 0.6) is 0 Å². The summed E-state index contributed by atoms with van der Waals surface area (Å²) in [5.74, 6) is 1.81. The normalized spacial score (nSPS) is 36.7. The van der Waals surface area contributed by atoms with Crippen molar-refractivity contribution >= 4 is 51.4 Å². The second-order valence-corrected chi connectivity index (χ2v) is 10.9. The van der Waals surface area contributed by atoms with Gasteiger partial charge in [-0.05, 0) is 69.8 Å². The standard InChI is InChI=1S/C14H21ClO.C13H17ClO.S2/c1-10-6-8-14(11(2)9-15)7-4-5-12(14)13(10,3)16;1-9-5-7-13(10(2)8-14)6-3-4-11(13)12(9)15;1-2/h5,10,16H,2,4,6-9H2,1,3H3;4,9H,2-3,5-8H2,1H3;/t10-,13?,14-;9-,13-;/m11./s1. The second-order valence-electron chi connectivity index (χ2n) is 10.3. The van der Waals surface area contributed by atoms with Crippen LogP contribution in [-0.4, -0.2) is 28.3 Å². The maximum absolute atomic E-state index is 12.1.